The molecule has 1 atom stereocenters. The number of sulfonamides is 1. The summed E-state index contributed by atoms with van der Waals surface area (Å²) < 4.78 is 26.9. The van der Waals surface area contributed by atoms with Crippen LogP contribution in [0.1, 0.15) is 31.2 Å². The molecule has 0 heterocycles. The Kier molecular flexibility index (Phi) is 5.39. The number of hydrogen-bond donors (Lipinski definition) is 2. The van der Waals surface area contributed by atoms with E-state index in [4.69, 9.17) is 0 Å². The van der Waals surface area contributed by atoms with E-state index in [1.807, 2.05) is 0 Å². The van der Waals surface area contributed by atoms with Crippen molar-refractivity contribution in [1.82, 2.24) is 4.72 Å². The van der Waals surface area contributed by atoms with Crippen molar-refractivity contribution >= 4 is 16.0 Å². The van der Waals surface area contributed by atoms with Crippen molar-refractivity contribution in [3.8, 4) is 6.07 Å². The number of nitriles is 1. The number of rotatable bonds is 7. The molecular weight excluding hydrogens is 316 g/mol. The summed E-state index contributed by atoms with van der Waals surface area (Å²) in [5.74, 6) is -1.57. The molecule has 0 bridgehead atoms. The lowest BCUT2D eigenvalue weighted by molar-refractivity contribution is -0.138. The summed E-state index contributed by atoms with van der Waals surface area (Å²) in [6, 6.07) is 9.72. The molecule has 2 rings (SSSR count). The van der Waals surface area contributed by atoms with Gasteiger partial charge in [0.25, 0.3) is 0 Å². The monoisotopic (exact) mass is 336 g/mol. The van der Waals surface area contributed by atoms with E-state index >= 15 is 0 Å². The number of nitrogens with one attached hydrogen (secondary N) is 1. The average molecular weight is 336 g/mol. The van der Waals surface area contributed by atoms with Crippen LogP contribution in [0.2, 0.25) is 0 Å². The van der Waals surface area contributed by atoms with Crippen molar-refractivity contribution in [2.75, 3.05) is 5.75 Å². The van der Waals surface area contributed by atoms with Crippen LogP contribution < -0.4 is 4.72 Å². The molecule has 0 amide bonds. The predicted molar refractivity (Wildman–Crippen MR) is 85.0 cm³/mol. The zero-order chi connectivity index (χ0) is 16.9. The number of aliphatic carboxylic acids is 1. The fourth-order valence-electron chi connectivity index (χ4n) is 2.99. The lowest BCUT2D eigenvalue weighted by Gasteiger charge is -2.22. The third-order valence-electron chi connectivity index (χ3n) is 4.17. The van der Waals surface area contributed by atoms with E-state index in [1.165, 1.54) is 0 Å². The molecule has 0 spiro atoms. The highest BCUT2D eigenvalue weighted by molar-refractivity contribution is 7.89. The maximum Gasteiger partial charge on any atom is 0.322 e. The first-order valence-corrected chi connectivity index (χ1v) is 9.19. The lowest BCUT2D eigenvalue weighted by atomic mass is 9.91. The molecule has 6 nitrogen and oxygen atoms in total. The van der Waals surface area contributed by atoms with Crippen molar-refractivity contribution in [3.63, 3.8) is 0 Å². The first kappa shape index (κ1) is 17.4. The van der Waals surface area contributed by atoms with Crippen molar-refractivity contribution < 1.29 is 18.3 Å². The van der Waals surface area contributed by atoms with Gasteiger partial charge in [-0.25, -0.2) is 13.1 Å². The molecule has 0 aliphatic heterocycles. The van der Waals surface area contributed by atoms with E-state index in [9.17, 15) is 23.6 Å². The van der Waals surface area contributed by atoms with Crippen LogP contribution in [0, 0.1) is 16.7 Å². The third-order valence-corrected chi connectivity index (χ3v) is 5.74. The van der Waals surface area contributed by atoms with Crippen LogP contribution in [0.25, 0.3) is 0 Å². The molecule has 0 unspecified atom stereocenters. The van der Waals surface area contributed by atoms with Crippen molar-refractivity contribution in [3.05, 3.63) is 35.9 Å². The summed E-state index contributed by atoms with van der Waals surface area (Å²) in [6.45, 7) is 0. The maximum atomic E-state index is 12.3. The highest BCUT2D eigenvalue weighted by Crippen LogP contribution is 2.38. The van der Waals surface area contributed by atoms with Gasteiger partial charge in [-0.3, -0.25) is 4.79 Å². The van der Waals surface area contributed by atoms with Gasteiger partial charge in [0.05, 0.1) is 17.2 Å². The molecule has 0 radical (unpaired) electrons. The number of benzene rings is 1. The second-order valence-electron chi connectivity index (χ2n) is 6.06. The standard InChI is InChI=1S/C16H20N2O4S/c17-11-16(8-4-5-9-16)12-23(21,22)18-14(15(19)20)10-13-6-2-1-3-7-13/h1-3,6-7,14,18H,4-5,8-10,12H2,(H,19,20)/t14-/m0/s1. The third kappa shape index (κ3) is 4.78. The highest BCUT2D eigenvalue weighted by Gasteiger charge is 2.39. The van der Waals surface area contributed by atoms with Crippen molar-refractivity contribution in [1.29, 1.82) is 5.26 Å². The Morgan fingerprint density at radius 3 is 2.43 bits per heavy atom. The van der Waals surface area contributed by atoms with Crippen LogP contribution >= 0.6 is 0 Å². The Morgan fingerprint density at radius 2 is 1.91 bits per heavy atom. The number of hydrogen-bond acceptors (Lipinski definition) is 4. The molecule has 1 aliphatic carbocycles. The molecule has 1 aliphatic rings. The average Bonchev–Trinajstić information content (AvgIpc) is 2.95. The molecular formula is C16H20N2O4S. The summed E-state index contributed by atoms with van der Waals surface area (Å²) in [4.78, 5) is 11.4. The van der Waals surface area contributed by atoms with Gasteiger partial charge in [-0.1, -0.05) is 43.2 Å². The number of carboxylic acids is 1. The maximum absolute atomic E-state index is 12.3. The minimum atomic E-state index is -3.85. The molecule has 1 aromatic carbocycles. The van der Waals surface area contributed by atoms with Crippen LogP contribution in [0.3, 0.4) is 0 Å². The second kappa shape index (κ2) is 7.11. The minimum absolute atomic E-state index is 0.0644. The number of carbonyl (C=O) groups is 1. The van der Waals surface area contributed by atoms with Gasteiger partial charge < -0.3 is 5.11 Å². The van der Waals surface area contributed by atoms with Crippen LogP contribution in [0.15, 0.2) is 30.3 Å². The quantitative estimate of drug-likeness (QED) is 0.788. The van der Waals surface area contributed by atoms with Crippen molar-refractivity contribution in [2.45, 2.75) is 38.1 Å². The van der Waals surface area contributed by atoms with Gasteiger partial charge in [-0.2, -0.15) is 5.26 Å². The summed E-state index contributed by atoms with van der Waals surface area (Å²) in [5.41, 5.74) is -0.153. The Labute approximate surface area is 136 Å². The molecule has 124 valence electrons. The van der Waals surface area contributed by atoms with Gasteiger partial charge in [0, 0.05) is 0 Å². The SMILES string of the molecule is N#CC1(CS(=O)(=O)N[C@@H](Cc2ccccc2)C(=O)O)CCCC1. The van der Waals surface area contributed by atoms with Crippen LogP contribution in [-0.4, -0.2) is 31.3 Å². The fourth-order valence-corrected chi connectivity index (χ4v) is 4.77. The smallest absolute Gasteiger partial charge is 0.322 e. The molecule has 2 N–H and O–H groups in total. The first-order valence-electron chi connectivity index (χ1n) is 7.54. The molecule has 1 saturated carbocycles. The molecule has 0 saturated heterocycles. The molecule has 7 heteroatoms. The van der Waals surface area contributed by atoms with Gasteiger partial charge in [0.1, 0.15) is 6.04 Å². The zero-order valence-electron chi connectivity index (χ0n) is 12.7. The molecule has 1 fully saturated rings. The molecule has 23 heavy (non-hydrogen) atoms. The second-order valence-corrected chi connectivity index (χ2v) is 7.81. The molecule has 1 aromatic rings. The van der Waals surface area contributed by atoms with Gasteiger partial charge in [0.15, 0.2) is 0 Å². The normalized spacial score (nSPS) is 18.2. The summed E-state index contributed by atoms with van der Waals surface area (Å²) in [5, 5.41) is 18.6. The minimum Gasteiger partial charge on any atom is -0.480 e. The first-order chi connectivity index (χ1) is 10.9. The van der Waals surface area contributed by atoms with Gasteiger partial charge in [-0.05, 0) is 24.8 Å². The van der Waals surface area contributed by atoms with Crippen LogP contribution in [-0.2, 0) is 21.2 Å². The summed E-state index contributed by atoms with van der Waals surface area (Å²) in [7, 11) is -3.85. The van der Waals surface area contributed by atoms with E-state index in [-0.39, 0.29) is 12.2 Å². The van der Waals surface area contributed by atoms with E-state index in [0.29, 0.717) is 12.8 Å². The van der Waals surface area contributed by atoms with E-state index in [2.05, 4.69) is 10.8 Å². The predicted octanol–water partition coefficient (Wildman–Crippen LogP) is 1.69. The highest BCUT2D eigenvalue weighted by atomic mass is 32.2. The Bertz CT molecular complexity index is 689. The number of carboxylic acid groups (broad SMARTS) is 1. The zero-order valence-corrected chi connectivity index (χ0v) is 13.6. The summed E-state index contributed by atoms with van der Waals surface area (Å²) in [6.07, 6.45) is 2.81. The fraction of sp³-hybridized carbons (Fsp3) is 0.500. The van der Waals surface area contributed by atoms with Gasteiger partial charge in [-0.15, -0.1) is 0 Å². The van der Waals surface area contributed by atoms with Crippen molar-refractivity contribution in [2.24, 2.45) is 5.41 Å². The van der Waals surface area contributed by atoms with Gasteiger partial charge >= 0.3 is 5.97 Å². The van der Waals surface area contributed by atoms with E-state index in [1.54, 1.807) is 30.3 Å². The lowest BCUT2D eigenvalue weighted by Crippen LogP contribution is -2.45. The topological polar surface area (TPSA) is 107 Å². The summed E-state index contributed by atoms with van der Waals surface area (Å²) >= 11 is 0. The largest absolute Gasteiger partial charge is 0.480 e. The van der Waals surface area contributed by atoms with Crippen LogP contribution in [0.4, 0.5) is 0 Å². The van der Waals surface area contributed by atoms with Gasteiger partial charge in [0.2, 0.25) is 10.0 Å². The van der Waals surface area contributed by atoms with Crippen LogP contribution in [0.5, 0.6) is 0 Å². The van der Waals surface area contributed by atoms with E-state index < -0.39 is 27.4 Å². The molecule has 0 aromatic heterocycles. The number of nitrogens with zero attached hydrogens (tertiary/aromatic N) is 1. The Morgan fingerprint density at radius 1 is 1.30 bits per heavy atom. The Balaban J connectivity index is 2.09. The van der Waals surface area contributed by atoms with E-state index in [0.717, 1.165) is 18.4 Å². The Hall–Kier alpha value is -1.91.